The van der Waals surface area contributed by atoms with Crippen LogP contribution in [0.5, 0.6) is 0 Å². The number of ether oxygens (including phenoxy) is 1. The van der Waals surface area contributed by atoms with Crippen molar-refractivity contribution in [3.05, 3.63) is 0 Å². The standard InChI is InChI=1S/C11H19NO3S/c1-2-15-11(14)6-5-10(13)12-9-4-3-7-16-8-9/h9H,2-8H2,1H3,(H,12,13). The highest BCUT2D eigenvalue weighted by atomic mass is 32.2. The van der Waals surface area contributed by atoms with Gasteiger partial charge in [0.15, 0.2) is 0 Å². The number of rotatable bonds is 5. The molecule has 0 aliphatic carbocycles. The zero-order valence-electron chi connectivity index (χ0n) is 9.66. The van der Waals surface area contributed by atoms with Crippen LogP contribution in [0.25, 0.3) is 0 Å². The first-order chi connectivity index (χ1) is 7.72. The van der Waals surface area contributed by atoms with Crippen molar-refractivity contribution in [1.82, 2.24) is 5.32 Å². The van der Waals surface area contributed by atoms with Crippen molar-refractivity contribution in [1.29, 1.82) is 0 Å². The third kappa shape index (κ3) is 5.39. The summed E-state index contributed by atoms with van der Waals surface area (Å²) < 4.78 is 4.76. The maximum atomic E-state index is 11.5. The molecule has 0 aromatic carbocycles. The van der Waals surface area contributed by atoms with Gasteiger partial charge in [0.2, 0.25) is 5.91 Å². The molecule has 1 rings (SSSR count). The summed E-state index contributed by atoms with van der Waals surface area (Å²) in [6.07, 6.45) is 2.63. The van der Waals surface area contributed by atoms with Gasteiger partial charge in [0.1, 0.15) is 0 Å². The van der Waals surface area contributed by atoms with E-state index in [0.29, 0.717) is 6.61 Å². The molecule has 0 aromatic rings. The van der Waals surface area contributed by atoms with Gasteiger partial charge < -0.3 is 10.1 Å². The van der Waals surface area contributed by atoms with E-state index < -0.39 is 0 Å². The van der Waals surface area contributed by atoms with Crippen molar-refractivity contribution >= 4 is 23.6 Å². The lowest BCUT2D eigenvalue weighted by Gasteiger charge is -2.22. The zero-order chi connectivity index (χ0) is 11.8. The van der Waals surface area contributed by atoms with Gasteiger partial charge in [-0.25, -0.2) is 0 Å². The molecule has 1 fully saturated rings. The summed E-state index contributed by atoms with van der Waals surface area (Å²) in [5.41, 5.74) is 0. The smallest absolute Gasteiger partial charge is 0.306 e. The number of hydrogen-bond donors (Lipinski definition) is 1. The van der Waals surface area contributed by atoms with Crippen LogP contribution in [0, 0.1) is 0 Å². The molecule has 1 amide bonds. The molecule has 0 aromatic heterocycles. The highest BCUT2D eigenvalue weighted by Crippen LogP contribution is 2.16. The molecule has 1 N–H and O–H groups in total. The average Bonchev–Trinajstić information content (AvgIpc) is 2.28. The molecule has 1 aliphatic heterocycles. The fourth-order valence-electron chi connectivity index (χ4n) is 1.60. The largest absolute Gasteiger partial charge is 0.466 e. The molecule has 16 heavy (non-hydrogen) atoms. The van der Waals surface area contributed by atoms with Gasteiger partial charge in [-0.3, -0.25) is 9.59 Å². The number of amides is 1. The lowest BCUT2D eigenvalue weighted by atomic mass is 10.2. The van der Waals surface area contributed by atoms with E-state index in [-0.39, 0.29) is 30.8 Å². The summed E-state index contributed by atoms with van der Waals surface area (Å²) in [7, 11) is 0. The van der Waals surface area contributed by atoms with Gasteiger partial charge >= 0.3 is 5.97 Å². The third-order valence-corrected chi connectivity index (χ3v) is 3.60. The van der Waals surface area contributed by atoms with Gasteiger partial charge in [0, 0.05) is 18.2 Å². The second kappa shape index (κ2) is 7.54. The van der Waals surface area contributed by atoms with Crippen molar-refractivity contribution in [2.45, 2.75) is 38.6 Å². The summed E-state index contributed by atoms with van der Waals surface area (Å²) >= 11 is 1.87. The Labute approximate surface area is 100 Å². The molecule has 0 spiro atoms. The van der Waals surface area contributed by atoms with Crippen LogP contribution in [0.3, 0.4) is 0 Å². The summed E-state index contributed by atoms with van der Waals surface area (Å²) in [5.74, 6) is 1.84. The number of thioether (sulfide) groups is 1. The number of esters is 1. The van der Waals surface area contributed by atoms with Gasteiger partial charge in [-0.15, -0.1) is 0 Å². The minimum Gasteiger partial charge on any atom is -0.466 e. The van der Waals surface area contributed by atoms with Crippen molar-refractivity contribution in [2.75, 3.05) is 18.1 Å². The van der Waals surface area contributed by atoms with Crippen molar-refractivity contribution in [2.24, 2.45) is 0 Å². The SMILES string of the molecule is CCOC(=O)CCC(=O)NC1CCCSC1. The minimum absolute atomic E-state index is 0.0412. The van der Waals surface area contributed by atoms with Crippen LogP contribution in [-0.4, -0.2) is 36.0 Å². The van der Waals surface area contributed by atoms with Gasteiger partial charge in [0.05, 0.1) is 13.0 Å². The quantitative estimate of drug-likeness (QED) is 0.743. The lowest BCUT2D eigenvalue weighted by molar-refractivity contribution is -0.144. The molecule has 1 saturated heterocycles. The molecule has 0 radical (unpaired) electrons. The Hall–Kier alpha value is -0.710. The molecule has 5 heteroatoms. The van der Waals surface area contributed by atoms with E-state index in [1.807, 2.05) is 11.8 Å². The number of hydrogen-bond acceptors (Lipinski definition) is 4. The molecule has 1 atom stereocenters. The van der Waals surface area contributed by atoms with Crippen LogP contribution >= 0.6 is 11.8 Å². The normalized spacial score (nSPS) is 20.2. The summed E-state index contributed by atoms with van der Waals surface area (Å²) in [5, 5.41) is 2.95. The van der Waals surface area contributed by atoms with Crippen LogP contribution in [0.2, 0.25) is 0 Å². The zero-order valence-corrected chi connectivity index (χ0v) is 10.5. The first-order valence-corrected chi connectivity index (χ1v) is 6.90. The fraction of sp³-hybridized carbons (Fsp3) is 0.818. The number of carbonyl (C=O) groups is 2. The van der Waals surface area contributed by atoms with E-state index in [1.54, 1.807) is 6.92 Å². The van der Waals surface area contributed by atoms with E-state index >= 15 is 0 Å². The summed E-state index contributed by atoms with van der Waals surface area (Å²) in [6, 6.07) is 0.286. The lowest BCUT2D eigenvalue weighted by Crippen LogP contribution is -2.38. The van der Waals surface area contributed by atoms with Crippen LogP contribution in [-0.2, 0) is 14.3 Å². The highest BCUT2D eigenvalue weighted by molar-refractivity contribution is 7.99. The Morgan fingerprint density at radius 3 is 2.88 bits per heavy atom. The Kier molecular flexibility index (Phi) is 6.30. The average molecular weight is 245 g/mol. The maximum absolute atomic E-state index is 11.5. The number of nitrogens with one attached hydrogen (secondary N) is 1. The molecular formula is C11H19NO3S. The third-order valence-electron chi connectivity index (χ3n) is 2.39. The van der Waals surface area contributed by atoms with Crippen LogP contribution in [0.4, 0.5) is 0 Å². The van der Waals surface area contributed by atoms with Crippen molar-refractivity contribution in [3.8, 4) is 0 Å². The predicted octanol–water partition coefficient (Wildman–Crippen LogP) is 1.34. The van der Waals surface area contributed by atoms with Gasteiger partial charge in [-0.2, -0.15) is 11.8 Å². The number of carbonyl (C=O) groups excluding carboxylic acids is 2. The molecule has 1 heterocycles. The molecule has 1 unspecified atom stereocenters. The van der Waals surface area contributed by atoms with Crippen molar-refractivity contribution < 1.29 is 14.3 Å². The van der Waals surface area contributed by atoms with Crippen LogP contribution in [0.15, 0.2) is 0 Å². The minimum atomic E-state index is -0.296. The first kappa shape index (κ1) is 13.4. The Morgan fingerprint density at radius 1 is 1.44 bits per heavy atom. The molecule has 92 valence electrons. The molecule has 0 bridgehead atoms. The van der Waals surface area contributed by atoms with Crippen molar-refractivity contribution in [3.63, 3.8) is 0 Å². The van der Waals surface area contributed by atoms with E-state index in [1.165, 1.54) is 5.75 Å². The van der Waals surface area contributed by atoms with E-state index in [4.69, 9.17) is 4.74 Å². The Balaban J connectivity index is 2.12. The van der Waals surface area contributed by atoms with Gasteiger partial charge in [-0.1, -0.05) is 0 Å². The Bertz CT molecular complexity index is 239. The molecule has 4 nitrogen and oxygen atoms in total. The van der Waals surface area contributed by atoms with Crippen LogP contribution < -0.4 is 5.32 Å². The van der Waals surface area contributed by atoms with E-state index in [9.17, 15) is 9.59 Å². The monoisotopic (exact) mass is 245 g/mol. The molecule has 0 saturated carbocycles. The molecular weight excluding hydrogens is 226 g/mol. The van der Waals surface area contributed by atoms with Gasteiger partial charge in [0.25, 0.3) is 0 Å². The second-order valence-electron chi connectivity index (χ2n) is 3.79. The van der Waals surface area contributed by atoms with E-state index in [0.717, 1.165) is 18.6 Å². The molecule has 1 aliphatic rings. The summed E-state index contributed by atoms with van der Waals surface area (Å²) in [6.45, 7) is 2.14. The topological polar surface area (TPSA) is 55.4 Å². The van der Waals surface area contributed by atoms with Gasteiger partial charge in [-0.05, 0) is 25.5 Å². The fourth-order valence-corrected chi connectivity index (χ4v) is 2.68. The second-order valence-corrected chi connectivity index (χ2v) is 4.94. The van der Waals surface area contributed by atoms with E-state index in [2.05, 4.69) is 5.32 Å². The maximum Gasteiger partial charge on any atom is 0.306 e. The first-order valence-electron chi connectivity index (χ1n) is 5.75. The van der Waals surface area contributed by atoms with Crippen LogP contribution in [0.1, 0.15) is 32.6 Å². The Morgan fingerprint density at radius 2 is 2.25 bits per heavy atom. The highest BCUT2D eigenvalue weighted by Gasteiger charge is 2.16. The predicted molar refractivity (Wildman–Crippen MR) is 64.4 cm³/mol. The summed E-state index contributed by atoms with van der Waals surface area (Å²) in [4.78, 5) is 22.5.